The van der Waals surface area contributed by atoms with E-state index in [9.17, 15) is 0 Å². The average molecular weight is 273 g/mol. The van der Waals surface area contributed by atoms with E-state index in [4.69, 9.17) is 5.26 Å². The molecule has 0 atom stereocenters. The van der Waals surface area contributed by atoms with E-state index in [2.05, 4.69) is 52.6 Å². The van der Waals surface area contributed by atoms with Crippen LogP contribution in [0.1, 0.15) is 18.7 Å². The van der Waals surface area contributed by atoms with Gasteiger partial charge in [0.15, 0.2) is 0 Å². The first-order chi connectivity index (χ1) is 6.56. The molecule has 0 aliphatic rings. The lowest BCUT2D eigenvalue weighted by molar-refractivity contribution is 0.493. The standard InChI is InChI=1S/C10H13BrN2S/c1-10(2,7-13-4-3-12)9-5-8(11)6-14-9/h5-6,13H,4,7H2,1-2H3. The molecule has 14 heavy (non-hydrogen) atoms. The van der Waals surface area contributed by atoms with Crippen molar-refractivity contribution in [3.8, 4) is 6.07 Å². The van der Waals surface area contributed by atoms with Gasteiger partial charge in [0.2, 0.25) is 0 Å². The fraction of sp³-hybridized carbons (Fsp3) is 0.500. The number of rotatable bonds is 4. The van der Waals surface area contributed by atoms with Crippen LogP contribution in [0.3, 0.4) is 0 Å². The Morgan fingerprint density at radius 3 is 2.86 bits per heavy atom. The Kier molecular flexibility index (Phi) is 4.11. The van der Waals surface area contributed by atoms with Crippen molar-refractivity contribution in [2.75, 3.05) is 13.1 Å². The van der Waals surface area contributed by atoms with Gasteiger partial charge in [0, 0.05) is 26.7 Å². The molecule has 4 heteroatoms. The van der Waals surface area contributed by atoms with Crippen molar-refractivity contribution < 1.29 is 0 Å². The molecule has 1 aromatic rings. The summed E-state index contributed by atoms with van der Waals surface area (Å²) in [4.78, 5) is 1.33. The van der Waals surface area contributed by atoms with Crippen molar-refractivity contribution in [3.63, 3.8) is 0 Å². The molecule has 1 heterocycles. The summed E-state index contributed by atoms with van der Waals surface area (Å²) in [6.07, 6.45) is 0. The number of halogens is 1. The van der Waals surface area contributed by atoms with Crippen LogP contribution in [-0.4, -0.2) is 13.1 Å². The Bertz CT molecular complexity index is 338. The Labute approximate surface area is 97.1 Å². The second-order valence-electron chi connectivity index (χ2n) is 3.77. The van der Waals surface area contributed by atoms with Gasteiger partial charge in [0.05, 0.1) is 12.6 Å². The predicted octanol–water partition coefficient (Wildman–Crippen LogP) is 2.90. The fourth-order valence-corrected chi connectivity index (χ4v) is 2.74. The van der Waals surface area contributed by atoms with E-state index in [0.717, 1.165) is 11.0 Å². The number of hydrogen-bond acceptors (Lipinski definition) is 3. The second-order valence-corrected chi connectivity index (χ2v) is 5.60. The number of nitrogens with zero attached hydrogens (tertiary/aromatic N) is 1. The Balaban J connectivity index is 2.61. The van der Waals surface area contributed by atoms with Crippen molar-refractivity contribution in [1.82, 2.24) is 5.32 Å². The topological polar surface area (TPSA) is 35.8 Å². The maximum atomic E-state index is 8.42. The van der Waals surface area contributed by atoms with Gasteiger partial charge in [-0.15, -0.1) is 11.3 Å². The van der Waals surface area contributed by atoms with Crippen LogP contribution in [0.2, 0.25) is 0 Å². The van der Waals surface area contributed by atoms with Crippen molar-refractivity contribution in [3.05, 3.63) is 20.8 Å². The predicted molar refractivity (Wildman–Crippen MR) is 63.5 cm³/mol. The van der Waals surface area contributed by atoms with E-state index in [1.807, 2.05) is 0 Å². The van der Waals surface area contributed by atoms with Crippen molar-refractivity contribution in [2.45, 2.75) is 19.3 Å². The third kappa shape index (κ3) is 3.09. The maximum absolute atomic E-state index is 8.42. The number of hydrogen-bond donors (Lipinski definition) is 1. The molecule has 1 aromatic heterocycles. The summed E-state index contributed by atoms with van der Waals surface area (Å²) in [5.74, 6) is 0. The van der Waals surface area contributed by atoms with Gasteiger partial charge < -0.3 is 5.32 Å². The molecule has 0 aromatic carbocycles. The first-order valence-corrected chi connectivity index (χ1v) is 6.06. The largest absolute Gasteiger partial charge is 0.304 e. The zero-order valence-electron chi connectivity index (χ0n) is 8.30. The maximum Gasteiger partial charge on any atom is 0.0841 e. The van der Waals surface area contributed by atoms with E-state index in [0.29, 0.717) is 6.54 Å². The molecule has 0 spiro atoms. The van der Waals surface area contributed by atoms with E-state index in [1.54, 1.807) is 11.3 Å². The van der Waals surface area contributed by atoms with Crippen molar-refractivity contribution in [2.24, 2.45) is 0 Å². The molecular weight excluding hydrogens is 260 g/mol. The molecule has 0 saturated heterocycles. The van der Waals surface area contributed by atoms with Gasteiger partial charge in [-0.2, -0.15) is 5.26 Å². The smallest absolute Gasteiger partial charge is 0.0841 e. The first-order valence-electron chi connectivity index (χ1n) is 4.38. The summed E-state index contributed by atoms with van der Waals surface area (Å²) >= 11 is 5.19. The molecule has 0 radical (unpaired) electrons. The lowest BCUT2D eigenvalue weighted by Gasteiger charge is -2.22. The second kappa shape index (κ2) is 4.92. The lowest BCUT2D eigenvalue weighted by atomic mass is 9.91. The van der Waals surface area contributed by atoms with Gasteiger partial charge in [-0.25, -0.2) is 0 Å². The van der Waals surface area contributed by atoms with Gasteiger partial charge in [-0.05, 0) is 22.0 Å². The highest BCUT2D eigenvalue weighted by molar-refractivity contribution is 9.10. The summed E-state index contributed by atoms with van der Waals surface area (Å²) in [7, 11) is 0. The van der Waals surface area contributed by atoms with E-state index >= 15 is 0 Å². The fourth-order valence-electron chi connectivity index (χ4n) is 1.19. The Morgan fingerprint density at radius 1 is 1.64 bits per heavy atom. The van der Waals surface area contributed by atoms with Crippen molar-refractivity contribution >= 4 is 27.3 Å². The summed E-state index contributed by atoms with van der Waals surface area (Å²) in [6, 6.07) is 4.22. The molecule has 0 aliphatic heterocycles. The zero-order valence-corrected chi connectivity index (χ0v) is 10.7. The molecule has 1 N–H and O–H groups in total. The van der Waals surface area contributed by atoms with Crippen LogP contribution in [0.15, 0.2) is 15.9 Å². The van der Waals surface area contributed by atoms with Crippen LogP contribution < -0.4 is 5.32 Å². The monoisotopic (exact) mass is 272 g/mol. The number of thiophene rings is 1. The molecule has 76 valence electrons. The van der Waals surface area contributed by atoms with Crippen LogP contribution in [0.5, 0.6) is 0 Å². The highest BCUT2D eigenvalue weighted by atomic mass is 79.9. The summed E-state index contributed by atoms with van der Waals surface area (Å²) < 4.78 is 1.13. The van der Waals surface area contributed by atoms with Crippen molar-refractivity contribution in [1.29, 1.82) is 5.26 Å². The minimum Gasteiger partial charge on any atom is -0.304 e. The van der Waals surface area contributed by atoms with E-state index in [-0.39, 0.29) is 5.41 Å². The average Bonchev–Trinajstić information content (AvgIpc) is 2.53. The van der Waals surface area contributed by atoms with Gasteiger partial charge in [-0.3, -0.25) is 0 Å². The summed E-state index contributed by atoms with van der Waals surface area (Å²) in [5.41, 5.74) is 0.0908. The summed E-state index contributed by atoms with van der Waals surface area (Å²) in [5, 5.41) is 13.6. The zero-order chi connectivity index (χ0) is 10.6. The van der Waals surface area contributed by atoms with Crippen LogP contribution in [0.4, 0.5) is 0 Å². The quantitative estimate of drug-likeness (QED) is 0.676. The molecule has 0 amide bonds. The van der Waals surface area contributed by atoms with E-state index < -0.39 is 0 Å². The van der Waals surface area contributed by atoms with Gasteiger partial charge in [-0.1, -0.05) is 13.8 Å². The highest BCUT2D eigenvalue weighted by Gasteiger charge is 2.21. The van der Waals surface area contributed by atoms with Gasteiger partial charge in [0.25, 0.3) is 0 Å². The molecule has 0 unspecified atom stereocenters. The van der Waals surface area contributed by atoms with Crippen LogP contribution in [0.25, 0.3) is 0 Å². The third-order valence-corrected chi connectivity index (χ3v) is 4.06. The van der Waals surface area contributed by atoms with Crippen LogP contribution in [-0.2, 0) is 5.41 Å². The minimum absolute atomic E-state index is 0.0908. The number of nitriles is 1. The lowest BCUT2D eigenvalue weighted by Crippen LogP contribution is -2.32. The molecule has 0 aliphatic carbocycles. The molecule has 2 nitrogen and oxygen atoms in total. The first kappa shape index (κ1) is 11.7. The van der Waals surface area contributed by atoms with Gasteiger partial charge >= 0.3 is 0 Å². The molecule has 1 rings (SSSR count). The normalized spacial score (nSPS) is 11.3. The van der Waals surface area contributed by atoms with E-state index in [1.165, 1.54) is 4.88 Å². The van der Waals surface area contributed by atoms with Crippen LogP contribution in [0, 0.1) is 11.3 Å². The van der Waals surface area contributed by atoms with Gasteiger partial charge in [0.1, 0.15) is 0 Å². The third-order valence-electron chi connectivity index (χ3n) is 2.01. The molecule has 0 bridgehead atoms. The summed E-state index contributed by atoms with van der Waals surface area (Å²) in [6.45, 7) is 5.59. The Hall–Kier alpha value is -0.370. The molecule has 0 saturated carbocycles. The molecule has 0 fully saturated rings. The molecular formula is C10H13BrN2S. The number of nitrogens with one attached hydrogen (secondary N) is 1. The minimum atomic E-state index is 0.0908. The Morgan fingerprint density at radius 2 is 2.36 bits per heavy atom. The SMILES string of the molecule is CC(C)(CNCC#N)c1cc(Br)cs1. The highest BCUT2D eigenvalue weighted by Crippen LogP contribution is 2.30. The van der Waals surface area contributed by atoms with Crippen LogP contribution >= 0.6 is 27.3 Å².